The number of aryl methyl sites for hydroxylation is 1. The first-order chi connectivity index (χ1) is 13.1. The second-order valence-corrected chi connectivity index (χ2v) is 6.64. The molecule has 0 unspecified atom stereocenters. The molecule has 1 heterocycles. The van der Waals surface area contributed by atoms with Crippen LogP contribution < -0.4 is 10.6 Å². The molecule has 3 aromatic rings. The summed E-state index contributed by atoms with van der Waals surface area (Å²) in [4.78, 5) is 23.7. The van der Waals surface area contributed by atoms with Crippen LogP contribution in [0, 0.1) is 6.92 Å². The van der Waals surface area contributed by atoms with Crippen LogP contribution >= 0.6 is 11.8 Å². The van der Waals surface area contributed by atoms with Crippen molar-refractivity contribution in [2.45, 2.75) is 12.1 Å². The van der Waals surface area contributed by atoms with E-state index in [1.54, 1.807) is 36.0 Å². The molecule has 8 nitrogen and oxygen atoms in total. The second-order valence-electron chi connectivity index (χ2n) is 5.70. The summed E-state index contributed by atoms with van der Waals surface area (Å²) in [6.45, 7) is 2.00. The van der Waals surface area contributed by atoms with Crippen LogP contribution in [0.25, 0.3) is 5.69 Å². The summed E-state index contributed by atoms with van der Waals surface area (Å²) in [6, 6.07) is 14.5. The number of anilines is 1. The van der Waals surface area contributed by atoms with Gasteiger partial charge >= 0.3 is 0 Å². The molecule has 27 heavy (non-hydrogen) atoms. The van der Waals surface area contributed by atoms with Gasteiger partial charge in [0.25, 0.3) is 5.91 Å². The fourth-order valence-electron chi connectivity index (χ4n) is 2.29. The predicted molar refractivity (Wildman–Crippen MR) is 103 cm³/mol. The second kappa shape index (κ2) is 8.45. The smallest absolute Gasteiger partial charge is 0.251 e. The molecular formula is C18H18N6O2S. The first kappa shape index (κ1) is 18.6. The third kappa shape index (κ3) is 4.70. The van der Waals surface area contributed by atoms with Crippen molar-refractivity contribution in [2.24, 2.45) is 0 Å². The van der Waals surface area contributed by atoms with Crippen molar-refractivity contribution in [1.82, 2.24) is 25.5 Å². The Balaban J connectivity index is 1.59. The number of benzene rings is 2. The summed E-state index contributed by atoms with van der Waals surface area (Å²) < 4.78 is 1.59. The molecule has 0 radical (unpaired) electrons. The average Bonchev–Trinajstić information content (AvgIpc) is 3.15. The minimum Gasteiger partial charge on any atom is -0.355 e. The van der Waals surface area contributed by atoms with Gasteiger partial charge in [0.2, 0.25) is 11.1 Å². The van der Waals surface area contributed by atoms with Crippen LogP contribution in [0.3, 0.4) is 0 Å². The number of hydrogen-bond donors (Lipinski definition) is 2. The largest absolute Gasteiger partial charge is 0.355 e. The molecule has 138 valence electrons. The molecule has 0 aliphatic heterocycles. The lowest BCUT2D eigenvalue weighted by Gasteiger charge is -2.07. The number of carbonyl (C=O) groups is 2. The topological polar surface area (TPSA) is 102 Å². The number of carbonyl (C=O) groups excluding carboxylic acids is 2. The van der Waals surface area contributed by atoms with Gasteiger partial charge in [-0.2, -0.15) is 4.68 Å². The summed E-state index contributed by atoms with van der Waals surface area (Å²) in [5, 5.41) is 17.5. The Kier molecular flexibility index (Phi) is 5.82. The average molecular weight is 382 g/mol. The van der Waals surface area contributed by atoms with Crippen molar-refractivity contribution in [3.8, 4) is 5.69 Å². The van der Waals surface area contributed by atoms with Crippen LogP contribution in [-0.2, 0) is 4.79 Å². The Morgan fingerprint density at radius 3 is 2.44 bits per heavy atom. The van der Waals surface area contributed by atoms with Crippen LogP contribution in [0.15, 0.2) is 53.7 Å². The number of aromatic nitrogens is 4. The van der Waals surface area contributed by atoms with Gasteiger partial charge in [-0.15, -0.1) is 5.10 Å². The van der Waals surface area contributed by atoms with Crippen LogP contribution in [0.2, 0.25) is 0 Å². The molecule has 0 saturated carbocycles. The van der Waals surface area contributed by atoms with Gasteiger partial charge < -0.3 is 10.6 Å². The quantitative estimate of drug-likeness (QED) is 0.633. The van der Waals surface area contributed by atoms with Gasteiger partial charge in [-0.25, -0.2) is 0 Å². The zero-order valence-corrected chi connectivity index (χ0v) is 15.7. The lowest BCUT2D eigenvalue weighted by molar-refractivity contribution is -0.113. The molecule has 1 aromatic heterocycles. The molecule has 0 aliphatic carbocycles. The van der Waals surface area contributed by atoms with Crippen molar-refractivity contribution in [3.63, 3.8) is 0 Å². The molecule has 0 fully saturated rings. The standard InChI is InChI=1S/C18H18N6O2S/c1-12-3-9-15(10-4-12)24-18(21-22-23-24)27-11-16(25)20-14-7-5-13(6-8-14)17(26)19-2/h3-10H,11H2,1-2H3,(H,19,26)(H,20,25). The maximum atomic E-state index is 12.2. The number of hydrogen-bond acceptors (Lipinski definition) is 6. The predicted octanol–water partition coefficient (Wildman–Crippen LogP) is 2.06. The van der Waals surface area contributed by atoms with E-state index in [0.717, 1.165) is 11.3 Å². The van der Waals surface area contributed by atoms with E-state index in [2.05, 4.69) is 26.2 Å². The molecule has 2 N–H and O–H groups in total. The van der Waals surface area contributed by atoms with Crippen molar-refractivity contribution in [3.05, 3.63) is 59.7 Å². The van der Waals surface area contributed by atoms with E-state index in [1.165, 1.54) is 11.8 Å². The zero-order chi connectivity index (χ0) is 19.2. The van der Waals surface area contributed by atoms with Crippen LogP contribution in [0.5, 0.6) is 0 Å². The number of amides is 2. The van der Waals surface area contributed by atoms with E-state index >= 15 is 0 Å². The highest BCUT2D eigenvalue weighted by Gasteiger charge is 2.12. The van der Waals surface area contributed by atoms with Gasteiger partial charge in [0.15, 0.2) is 0 Å². The Hall–Kier alpha value is -3.20. The van der Waals surface area contributed by atoms with Gasteiger partial charge in [-0.3, -0.25) is 9.59 Å². The van der Waals surface area contributed by atoms with E-state index in [1.807, 2.05) is 31.2 Å². The maximum absolute atomic E-state index is 12.2. The lowest BCUT2D eigenvalue weighted by atomic mass is 10.2. The molecule has 0 saturated heterocycles. The maximum Gasteiger partial charge on any atom is 0.251 e. The summed E-state index contributed by atoms with van der Waals surface area (Å²) >= 11 is 1.24. The van der Waals surface area contributed by atoms with Crippen LogP contribution in [-0.4, -0.2) is 44.8 Å². The Bertz CT molecular complexity index is 937. The fourth-order valence-corrected chi connectivity index (χ4v) is 2.98. The van der Waals surface area contributed by atoms with Gasteiger partial charge in [-0.1, -0.05) is 29.5 Å². The molecule has 0 atom stereocenters. The Morgan fingerprint density at radius 2 is 1.78 bits per heavy atom. The Morgan fingerprint density at radius 1 is 1.07 bits per heavy atom. The molecule has 0 spiro atoms. The minimum absolute atomic E-state index is 0.156. The number of nitrogens with zero attached hydrogens (tertiary/aromatic N) is 4. The van der Waals surface area contributed by atoms with Gasteiger partial charge in [-0.05, 0) is 53.7 Å². The highest BCUT2D eigenvalue weighted by atomic mass is 32.2. The number of thioether (sulfide) groups is 1. The minimum atomic E-state index is -0.189. The van der Waals surface area contributed by atoms with Crippen molar-refractivity contribution < 1.29 is 9.59 Å². The molecular weight excluding hydrogens is 364 g/mol. The molecule has 3 rings (SSSR count). The molecule has 9 heteroatoms. The molecule has 0 bridgehead atoms. The van der Waals surface area contributed by atoms with Crippen LogP contribution in [0.1, 0.15) is 15.9 Å². The highest BCUT2D eigenvalue weighted by Crippen LogP contribution is 2.19. The number of nitrogens with one attached hydrogen (secondary N) is 2. The van der Waals surface area contributed by atoms with Crippen molar-refractivity contribution in [2.75, 3.05) is 18.1 Å². The summed E-state index contributed by atoms with van der Waals surface area (Å²) in [5.74, 6) is -0.207. The van der Waals surface area contributed by atoms with Gasteiger partial charge in [0.05, 0.1) is 11.4 Å². The molecule has 2 amide bonds. The number of tetrazole rings is 1. The first-order valence-corrected chi connectivity index (χ1v) is 9.15. The van der Waals surface area contributed by atoms with Crippen LogP contribution in [0.4, 0.5) is 5.69 Å². The highest BCUT2D eigenvalue weighted by molar-refractivity contribution is 7.99. The summed E-state index contributed by atoms with van der Waals surface area (Å²) in [5.41, 5.74) is 3.12. The summed E-state index contributed by atoms with van der Waals surface area (Å²) in [7, 11) is 1.57. The van der Waals surface area contributed by atoms with Gasteiger partial charge in [0.1, 0.15) is 0 Å². The fraction of sp³-hybridized carbons (Fsp3) is 0.167. The van der Waals surface area contributed by atoms with Gasteiger partial charge in [0, 0.05) is 18.3 Å². The SMILES string of the molecule is CNC(=O)c1ccc(NC(=O)CSc2nnnn2-c2ccc(C)cc2)cc1. The Labute approximate surface area is 160 Å². The molecule has 0 aliphatic rings. The molecule has 2 aromatic carbocycles. The normalized spacial score (nSPS) is 10.4. The van der Waals surface area contributed by atoms with E-state index in [-0.39, 0.29) is 17.6 Å². The monoisotopic (exact) mass is 382 g/mol. The third-order valence-corrected chi connectivity index (χ3v) is 4.63. The number of rotatable bonds is 6. The third-order valence-electron chi connectivity index (χ3n) is 3.71. The summed E-state index contributed by atoms with van der Waals surface area (Å²) in [6.07, 6.45) is 0. The van der Waals surface area contributed by atoms with Crippen molar-refractivity contribution in [1.29, 1.82) is 0 Å². The van der Waals surface area contributed by atoms with Crippen molar-refractivity contribution >= 4 is 29.3 Å². The lowest BCUT2D eigenvalue weighted by Crippen LogP contribution is -2.18. The zero-order valence-electron chi connectivity index (χ0n) is 14.8. The van der Waals surface area contributed by atoms with E-state index in [9.17, 15) is 9.59 Å². The van der Waals surface area contributed by atoms with E-state index in [4.69, 9.17) is 0 Å². The van der Waals surface area contributed by atoms with E-state index < -0.39 is 0 Å². The first-order valence-electron chi connectivity index (χ1n) is 8.17. The van der Waals surface area contributed by atoms with E-state index in [0.29, 0.717) is 16.4 Å².